The molecule has 1 N–H and O–H groups in total. The zero-order valence-electron chi connectivity index (χ0n) is 8.75. The number of quaternary nitrogens is 2. The van der Waals surface area contributed by atoms with E-state index in [1.54, 1.807) is 0 Å². The monoisotopic (exact) mass is 174 g/mol. The molecular weight excluding hydrogens is 152 g/mol. The molecule has 0 aliphatic carbocycles. The van der Waals surface area contributed by atoms with Crippen LogP contribution >= 0.6 is 0 Å². The number of aliphatic hydroxyl groups excluding tert-OH is 1. The lowest BCUT2D eigenvalue weighted by molar-refractivity contribution is -0.927. The number of hydrogen-bond acceptors (Lipinski definition) is 1. The third-order valence-corrected chi connectivity index (χ3v) is 2.72. The van der Waals surface area contributed by atoms with Gasteiger partial charge in [0.15, 0.2) is 6.10 Å². The predicted molar refractivity (Wildman–Crippen MR) is 49.7 cm³/mol. The SMILES string of the molecule is C[N+]1(C)CC[N+](C)(C)CC(O)C1. The maximum Gasteiger partial charge on any atom is 0.152 e. The van der Waals surface area contributed by atoms with Crippen LogP contribution in [0, 0.1) is 0 Å². The van der Waals surface area contributed by atoms with Gasteiger partial charge in [-0.2, -0.15) is 0 Å². The Kier molecular flexibility index (Phi) is 2.47. The second-order valence-electron chi connectivity index (χ2n) is 5.34. The van der Waals surface area contributed by atoms with Crippen molar-refractivity contribution >= 4 is 0 Å². The van der Waals surface area contributed by atoms with Crippen molar-refractivity contribution in [1.29, 1.82) is 0 Å². The molecule has 0 atom stereocenters. The van der Waals surface area contributed by atoms with Gasteiger partial charge in [-0.1, -0.05) is 0 Å². The summed E-state index contributed by atoms with van der Waals surface area (Å²) in [5, 5.41) is 9.73. The Hall–Kier alpha value is -0.120. The van der Waals surface area contributed by atoms with Crippen molar-refractivity contribution in [2.75, 3.05) is 54.4 Å². The molecule has 0 amide bonds. The molecular formula is C9H22N2O+2. The summed E-state index contributed by atoms with van der Waals surface area (Å²) in [6.07, 6.45) is -0.141. The first kappa shape index (κ1) is 9.96. The van der Waals surface area contributed by atoms with Crippen LogP contribution in [0.5, 0.6) is 0 Å². The van der Waals surface area contributed by atoms with Gasteiger partial charge < -0.3 is 14.1 Å². The molecule has 0 unspecified atom stereocenters. The molecule has 0 radical (unpaired) electrons. The van der Waals surface area contributed by atoms with Gasteiger partial charge >= 0.3 is 0 Å². The van der Waals surface area contributed by atoms with Gasteiger partial charge in [0.25, 0.3) is 0 Å². The minimum absolute atomic E-state index is 0.141. The molecule has 0 aromatic carbocycles. The van der Waals surface area contributed by atoms with E-state index in [-0.39, 0.29) is 6.10 Å². The highest BCUT2D eigenvalue weighted by atomic mass is 16.3. The van der Waals surface area contributed by atoms with Crippen LogP contribution in [-0.4, -0.2) is 74.5 Å². The molecule has 1 saturated heterocycles. The molecule has 0 aromatic heterocycles. The van der Waals surface area contributed by atoms with Crippen molar-refractivity contribution in [3.8, 4) is 0 Å². The van der Waals surface area contributed by atoms with E-state index < -0.39 is 0 Å². The van der Waals surface area contributed by atoms with Crippen molar-refractivity contribution in [3.05, 3.63) is 0 Å². The van der Waals surface area contributed by atoms with E-state index in [9.17, 15) is 5.11 Å². The largest absolute Gasteiger partial charge is 0.382 e. The van der Waals surface area contributed by atoms with Crippen molar-refractivity contribution in [1.82, 2.24) is 0 Å². The van der Waals surface area contributed by atoms with E-state index in [1.807, 2.05) is 0 Å². The second kappa shape index (κ2) is 2.98. The summed E-state index contributed by atoms with van der Waals surface area (Å²) in [6.45, 7) is 4.09. The first-order valence-electron chi connectivity index (χ1n) is 4.63. The van der Waals surface area contributed by atoms with E-state index >= 15 is 0 Å². The highest BCUT2D eigenvalue weighted by Gasteiger charge is 2.33. The molecule has 12 heavy (non-hydrogen) atoms. The molecule has 1 aliphatic heterocycles. The topological polar surface area (TPSA) is 20.2 Å². The third-order valence-electron chi connectivity index (χ3n) is 2.72. The molecule has 3 nitrogen and oxygen atoms in total. The highest BCUT2D eigenvalue weighted by Crippen LogP contribution is 2.11. The van der Waals surface area contributed by atoms with E-state index in [2.05, 4.69) is 28.2 Å². The molecule has 3 heteroatoms. The van der Waals surface area contributed by atoms with Gasteiger partial charge in [-0.15, -0.1) is 0 Å². The number of rotatable bonds is 0. The minimum atomic E-state index is -0.141. The summed E-state index contributed by atoms with van der Waals surface area (Å²) >= 11 is 0. The maximum atomic E-state index is 9.73. The minimum Gasteiger partial charge on any atom is -0.382 e. The van der Waals surface area contributed by atoms with Crippen molar-refractivity contribution in [3.63, 3.8) is 0 Å². The smallest absolute Gasteiger partial charge is 0.152 e. The standard InChI is InChI=1S/C9H22N2O/c1-10(2)5-6-11(3,4)8-9(12)7-10/h9,12H,5-8H2,1-4H3/q+2. The average Bonchev–Trinajstić information content (AvgIpc) is 1.87. The zero-order valence-corrected chi connectivity index (χ0v) is 8.75. The fourth-order valence-corrected chi connectivity index (χ4v) is 1.92. The van der Waals surface area contributed by atoms with Crippen molar-refractivity contribution in [2.45, 2.75) is 6.10 Å². The van der Waals surface area contributed by atoms with Crippen LogP contribution in [0.3, 0.4) is 0 Å². The van der Waals surface area contributed by atoms with Crippen LogP contribution < -0.4 is 0 Å². The summed E-state index contributed by atoms with van der Waals surface area (Å²) in [6, 6.07) is 0. The van der Waals surface area contributed by atoms with Gasteiger partial charge in [-0.05, 0) is 0 Å². The Morgan fingerprint density at radius 1 is 0.917 bits per heavy atom. The quantitative estimate of drug-likeness (QED) is 0.492. The lowest BCUT2D eigenvalue weighted by Gasteiger charge is -2.29. The maximum absolute atomic E-state index is 9.73. The van der Waals surface area contributed by atoms with E-state index in [4.69, 9.17) is 0 Å². The number of nitrogens with zero attached hydrogens (tertiary/aromatic N) is 2. The van der Waals surface area contributed by atoms with Crippen molar-refractivity contribution < 1.29 is 14.1 Å². The number of likely N-dealkylation sites (N-methyl/N-ethyl adjacent to an activating group) is 2. The Bertz CT molecular complexity index is 148. The van der Waals surface area contributed by atoms with Crippen molar-refractivity contribution in [2.24, 2.45) is 0 Å². The van der Waals surface area contributed by atoms with Gasteiger partial charge in [0.05, 0.1) is 28.2 Å². The summed E-state index contributed by atoms with van der Waals surface area (Å²) in [4.78, 5) is 0. The first-order valence-corrected chi connectivity index (χ1v) is 4.63. The van der Waals surface area contributed by atoms with Crippen LogP contribution in [0.2, 0.25) is 0 Å². The van der Waals surface area contributed by atoms with Crippen LogP contribution in [0.25, 0.3) is 0 Å². The van der Waals surface area contributed by atoms with E-state index in [1.165, 1.54) is 0 Å². The molecule has 1 rings (SSSR count). The summed E-state index contributed by atoms with van der Waals surface area (Å²) in [5.41, 5.74) is 0. The molecule has 0 aromatic rings. The predicted octanol–water partition coefficient (Wildman–Crippen LogP) is -0.486. The van der Waals surface area contributed by atoms with Crippen LogP contribution in [0.4, 0.5) is 0 Å². The third kappa shape index (κ3) is 2.73. The fourth-order valence-electron chi connectivity index (χ4n) is 1.92. The summed E-state index contributed by atoms with van der Waals surface area (Å²) < 4.78 is 1.89. The lowest BCUT2D eigenvalue weighted by atomic mass is 10.3. The Morgan fingerprint density at radius 2 is 1.25 bits per heavy atom. The molecule has 1 aliphatic rings. The lowest BCUT2D eigenvalue weighted by Crippen LogP contribution is -2.46. The molecule has 0 bridgehead atoms. The van der Waals surface area contributed by atoms with Gasteiger partial charge in [0, 0.05) is 0 Å². The summed E-state index contributed by atoms with van der Waals surface area (Å²) in [7, 11) is 8.76. The van der Waals surface area contributed by atoms with Gasteiger partial charge in [-0.25, -0.2) is 0 Å². The highest BCUT2D eigenvalue weighted by molar-refractivity contribution is 4.56. The van der Waals surface area contributed by atoms with Gasteiger partial charge in [0.1, 0.15) is 26.2 Å². The van der Waals surface area contributed by atoms with Crippen LogP contribution in [0.15, 0.2) is 0 Å². The van der Waals surface area contributed by atoms with Gasteiger partial charge in [-0.3, -0.25) is 0 Å². The average molecular weight is 174 g/mol. The molecule has 0 spiro atoms. The Balaban J connectivity index is 2.66. The number of aliphatic hydroxyl groups is 1. The van der Waals surface area contributed by atoms with Crippen LogP contribution in [-0.2, 0) is 0 Å². The fraction of sp³-hybridized carbons (Fsp3) is 1.00. The Morgan fingerprint density at radius 3 is 1.58 bits per heavy atom. The van der Waals surface area contributed by atoms with Gasteiger partial charge in [0.2, 0.25) is 0 Å². The van der Waals surface area contributed by atoms with Crippen LogP contribution in [0.1, 0.15) is 0 Å². The normalized spacial score (nSPS) is 29.8. The second-order valence-corrected chi connectivity index (χ2v) is 5.34. The summed E-state index contributed by atoms with van der Waals surface area (Å²) in [5.74, 6) is 0. The molecule has 1 heterocycles. The molecule has 1 fully saturated rings. The molecule has 0 saturated carbocycles. The Labute approximate surface area is 75.4 Å². The molecule has 72 valence electrons. The zero-order chi connectivity index (χ0) is 9.41. The van der Waals surface area contributed by atoms with E-state index in [0.29, 0.717) is 0 Å². The first-order chi connectivity index (χ1) is 5.31. The van der Waals surface area contributed by atoms with E-state index in [0.717, 1.165) is 35.1 Å². The number of hydrogen-bond donors (Lipinski definition) is 1.